The second-order valence-electron chi connectivity index (χ2n) is 8.07. The smallest absolute Gasteiger partial charge is 0.317 e. The Labute approximate surface area is 155 Å². The normalized spacial score (nSPS) is 34.5. The molecule has 0 aromatic heterocycles. The highest BCUT2D eigenvalue weighted by Crippen LogP contribution is 2.69. The summed E-state index contributed by atoms with van der Waals surface area (Å²) >= 11 is 3.48. The van der Waals surface area contributed by atoms with Gasteiger partial charge in [0.1, 0.15) is 10.8 Å². The zero-order valence-electron chi connectivity index (χ0n) is 14.1. The molecule has 1 aromatic rings. The van der Waals surface area contributed by atoms with Crippen LogP contribution in [0, 0.1) is 10.8 Å². The first-order valence-corrected chi connectivity index (χ1v) is 10.1. The van der Waals surface area contributed by atoms with E-state index in [0.717, 1.165) is 61.4 Å². The molecule has 2 saturated heterocycles. The summed E-state index contributed by atoms with van der Waals surface area (Å²) < 4.78 is 13.2. The highest BCUT2D eigenvalue weighted by atomic mass is 79.9. The van der Waals surface area contributed by atoms with Gasteiger partial charge in [-0.25, -0.2) is 0 Å². The number of hydrogen-bond acceptors (Lipinski definition) is 4. The summed E-state index contributed by atoms with van der Waals surface area (Å²) in [5, 5.41) is 0. The van der Waals surface area contributed by atoms with E-state index in [1.165, 1.54) is 0 Å². The summed E-state index contributed by atoms with van der Waals surface area (Å²) in [6.45, 7) is 0. The molecule has 2 saturated carbocycles. The highest BCUT2D eigenvalue weighted by Gasteiger charge is 2.81. The second kappa shape index (κ2) is 5.09. The van der Waals surface area contributed by atoms with Crippen LogP contribution in [0.15, 0.2) is 28.7 Å². The Morgan fingerprint density at radius 3 is 2.12 bits per heavy atom. The highest BCUT2D eigenvalue weighted by molar-refractivity contribution is 9.10. The maximum atomic E-state index is 13.1. The van der Waals surface area contributed by atoms with Crippen molar-refractivity contribution >= 4 is 27.9 Å². The van der Waals surface area contributed by atoms with Crippen molar-refractivity contribution in [1.29, 1.82) is 0 Å². The summed E-state index contributed by atoms with van der Waals surface area (Å²) in [5.74, 6) is -0.312. The van der Waals surface area contributed by atoms with E-state index >= 15 is 0 Å². The predicted octanol–water partition coefficient (Wildman–Crippen LogP) is 4.25. The summed E-state index contributed by atoms with van der Waals surface area (Å²) in [6.07, 6.45) is 6.45. The molecular weight excluding hydrogens is 384 g/mol. The number of fused-ring (bicyclic) bond motifs is 3. The molecule has 5 heteroatoms. The molecular formula is C20H21BrO4. The van der Waals surface area contributed by atoms with Gasteiger partial charge in [0.25, 0.3) is 0 Å². The summed E-state index contributed by atoms with van der Waals surface area (Å²) in [7, 11) is 0. The molecule has 0 N–H and O–H groups in total. The topological polar surface area (TPSA) is 52.6 Å². The Hall–Kier alpha value is -1.36. The van der Waals surface area contributed by atoms with Crippen molar-refractivity contribution < 1.29 is 19.1 Å². The van der Waals surface area contributed by atoms with E-state index in [-0.39, 0.29) is 11.9 Å². The van der Waals surface area contributed by atoms with Crippen molar-refractivity contribution in [2.45, 2.75) is 63.1 Å². The molecule has 132 valence electrons. The average Bonchev–Trinajstić information content (AvgIpc) is 3.35. The number of carbonyl (C=O) groups is 2. The number of benzene rings is 1. The summed E-state index contributed by atoms with van der Waals surface area (Å²) in [6, 6.07) is 7.89. The van der Waals surface area contributed by atoms with Crippen molar-refractivity contribution in [2.24, 2.45) is 10.8 Å². The zero-order chi connectivity index (χ0) is 17.3. The Morgan fingerprint density at radius 2 is 1.48 bits per heavy atom. The van der Waals surface area contributed by atoms with Crippen LogP contribution in [0.3, 0.4) is 0 Å². The van der Waals surface area contributed by atoms with Gasteiger partial charge in [0, 0.05) is 10.0 Å². The summed E-state index contributed by atoms with van der Waals surface area (Å²) in [5.41, 5.74) is -1.41. The molecule has 4 aliphatic rings. The Morgan fingerprint density at radius 1 is 0.880 bits per heavy atom. The van der Waals surface area contributed by atoms with E-state index in [1.807, 2.05) is 24.3 Å². The minimum Gasteiger partial charge on any atom is -0.456 e. The number of rotatable bonds is 1. The zero-order valence-corrected chi connectivity index (χ0v) is 15.6. The number of esters is 2. The van der Waals surface area contributed by atoms with E-state index in [2.05, 4.69) is 15.9 Å². The van der Waals surface area contributed by atoms with Gasteiger partial charge in [0.2, 0.25) is 0 Å². The van der Waals surface area contributed by atoms with Crippen LogP contribution in [-0.4, -0.2) is 18.0 Å². The van der Waals surface area contributed by atoms with Gasteiger partial charge in [0.15, 0.2) is 11.7 Å². The first-order chi connectivity index (χ1) is 12.1. The molecule has 2 heterocycles. The molecule has 1 aromatic carbocycles. The van der Waals surface area contributed by atoms with Crippen molar-refractivity contribution in [3.8, 4) is 0 Å². The minimum atomic E-state index is -0.956. The van der Waals surface area contributed by atoms with Crippen LogP contribution in [0.2, 0.25) is 0 Å². The fourth-order valence-corrected chi connectivity index (χ4v) is 6.19. The molecule has 2 unspecified atom stereocenters. The van der Waals surface area contributed by atoms with Crippen LogP contribution < -0.4 is 0 Å². The average molecular weight is 405 g/mol. The lowest BCUT2D eigenvalue weighted by Gasteiger charge is -2.38. The third-order valence-electron chi connectivity index (χ3n) is 7.08. The third-order valence-corrected chi connectivity index (χ3v) is 7.61. The summed E-state index contributed by atoms with van der Waals surface area (Å²) in [4.78, 5) is 26.2. The molecule has 0 radical (unpaired) electrons. The molecule has 2 aliphatic carbocycles. The van der Waals surface area contributed by atoms with Crippen LogP contribution in [0.1, 0.15) is 56.9 Å². The maximum absolute atomic E-state index is 13.1. The van der Waals surface area contributed by atoms with E-state index < -0.39 is 22.5 Å². The largest absolute Gasteiger partial charge is 0.456 e. The van der Waals surface area contributed by atoms with Crippen molar-refractivity contribution in [1.82, 2.24) is 0 Å². The molecule has 0 bridgehead atoms. The fourth-order valence-electron chi connectivity index (χ4n) is 5.92. The van der Waals surface area contributed by atoms with Crippen LogP contribution in [0.5, 0.6) is 0 Å². The first kappa shape index (κ1) is 15.9. The van der Waals surface area contributed by atoms with E-state index in [4.69, 9.17) is 9.47 Å². The van der Waals surface area contributed by atoms with Crippen molar-refractivity contribution in [3.05, 3.63) is 34.3 Å². The van der Waals surface area contributed by atoms with Gasteiger partial charge in [-0.2, -0.15) is 0 Å². The van der Waals surface area contributed by atoms with Gasteiger partial charge >= 0.3 is 11.9 Å². The van der Waals surface area contributed by atoms with Gasteiger partial charge in [-0.3, -0.25) is 9.59 Å². The van der Waals surface area contributed by atoms with E-state index in [1.54, 1.807) is 0 Å². The first-order valence-electron chi connectivity index (χ1n) is 9.26. The maximum Gasteiger partial charge on any atom is 0.317 e. The minimum absolute atomic E-state index is 0.156. The van der Waals surface area contributed by atoms with E-state index in [0.29, 0.717) is 0 Å². The van der Waals surface area contributed by atoms with Crippen LogP contribution in [-0.2, 0) is 24.7 Å². The lowest BCUT2D eigenvalue weighted by Crippen LogP contribution is -2.49. The van der Waals surface area contributed by atoms with Gasteiger partial charge in [-0.1, -0.05) is 53.7 Å². The fraction of sp³-hybridized carbons (Fsp3) is 0.600. The van der Waals surface area contributed by atoms with Gasteiger partial charge in [-0.15, -0.1) is 0 Å². The monoisotopic (exact) mass is 404 g/mol. The predicted molar refractivity (Wildman–Crippen MR) is 93.6 cm³/mol. The third kappa shape index (κ3) is 1.73. The quantitative estimate of drug-likeness (QED) is 0.656. The van der Waals surface area contributed by atoms with Gasteiger partial charge in [0.05, 0.1) is 0 Å². The van der Waals surface area contributed by atoms with E-state index in [9.17, 15) is 9.59 Å². The Balaban J connectivity index is 1.75. The van der Waals surface area contributed by atoms with Crippen LogP contribution >= 0.6 is 15.9 Å². The van der Waals surface area contributed by atoms with Crippen molar-refractivity contribution in [3.63, 3.8) is 0 Å². The molecule has 5 rings (SSSR count). The number of halogens is 1. The molecule has 25 heavy (non-hydrogen) atoms. The second-order valence-corrected chi connectivity index (χ2v) is 8.99. The Bertz CT molecular complexity index is 741. The molecule has 4 fully saturated rings. The number of hydrogen-bond donors (Lipinski definition) is 0. The Kier molecular flexibility index (Phi) is 3.23. The molecule has 2 spiro atoms. The standard InChI is InChI=1S/C20H21BrO4/c21-14-7-5-13(6-8-14)20-15(18(16(22)25-20)9-1-2-10-18)24-17(23)19(20)11-3-4-12-19/h5-8,15H,1-4,9-12H2. The van der Waals surface area contributed by atoms with Gasteiger partial charge in [-0.05, 0) is 37.8 Å². The molecule has 2 atom stereocenters. The van der Waals surface area contributed by atoms with Crippen LogP contribution in [0.4, 0.5) is 0 Å². The molecule has 2 aliphatic heterocycles. The lowest BCUT2D eigenvalue weighted by atomic mass is 9.62. The lowest BCUT2D eigenvalue weighted by molar-refractivity contribution is -0.169. The molecule has 4 nitrogen and oxygen atoms in total. The van der Waals surface area contributed by atoms with Gasteiger partial charge < -0.3 is 9.47 Å². The van der Waals surface area contributed by atoms with Crippen molar-refractivity contribution in [2.75, 3.05) is 0 Å². The van der Waals surface area contributed by atoms with Crippen LogP contribution in [0.25, 0.3) is 0 Å². The number of carbonyl (C=O) groups excluding carboxylic acids is 2. The SMILES string of the molecule is O=C1OC2(c3ccc(Br)cc3)C(OC(=O)C23CCCC3)C12CCCC2. The molecule has 0 amide bonds. The number of ether oxygens (including phenoxy) is 2.